The number of benzene rings is 3. The summed E-state index contributed by atoms with van der Waals surface area (Å²) in [6.07, 6.45) is 0. The Morgan fingerprint density at radius 2 is 1.44 bits per heavy atom. The van der Waals surface area contributed by atoms with Crippen molar-refractivity contribution in [1.29, 1.82) is 0 Å². The fourth-order valence-electron chi connectivity index (χ4n) is 3.49. The number of anilines is 1. The maximum absolute atomic E-state index is 4.64. The number of rotatable bonds is 4. The summed E-state index contributed by atoms with van der Waals surface area (Å²) in [5.74, 6) is 0. The van der Waals surface area contributed by atoms with Gasteiger partial charge in [0, 0.05) is 16.5 Å². The third-order valence-electron chi connectivity index (χ3n) is 4.92. The molecule has 0 saturated carbocycles. The first-order valence-electron chi connectivity index (χ1n) is 9.18. The van der Waals surface area contributed by atoms with E-state index >= 15 is 0 Å². The largest absolute Gasteiger partial charge is 0.353 e. The Bertz CT molecular complexity index is 1110. The fourth-order valence-corrected chi connectivity index (χ4v) is 3.49. The Morgan fingerprint density at radius 1 is 0.815 bits per heavy atom. The van der Waals surface area contributed by atoms with Gasteiger partial charge in [0.25, 0.3) is 0 Å². The number of fused-ring (bicyclic) bond motifs is 1. The summed E-state index contributed by atoms with van der Waals surface area (Å²) in [6, 6.07) is 24.9. The molecule has 1 heterocycles. The van der Waals surface area contributed by atoms with Gasteiger partial charge < -0.3 is 4.98 Å². The second-order valence-corrected chi connectivity index (χ2v) is 6.87. The van der Waals surface area contributed by atoms with E-state index in [1.807, 2.05) is 43.3 Å². The smallest absolute Gasteiger partial charge is 0.0817 e. The third-order valence-corrected chi connectivity index (χ3v) is 4.92. The number of nitrogens with zero attached hydrogens (tertiary/aromatic N) is 1. The van der Waals surface area contributed by atoms with Crippen molar-refractivity contribution in [2.24, 2.45) is 5.10 Å². The molecule has 0 fully saturated rings. The van der Waals surface area contributed by atoms with Crippen LogP contribution >= 0.6 is 0 Å². The van der Waals surface area contributed by atoms with E-state index in [-0.39, 0.29) is 0 Å². The second kappa shape index (κ2) is 7.12. The number of hydrogen-bond donors (Lipinski definition) is 2. The van der Waals surface area contributed by atoms with Crippen LogP contribution in [0.2, 0.25) is 0 Å². The van der Waals surface area contributed by atoms with Gasteiger partial charge >= 0.3 is 0 Å². The number of aromatic nitrogens is 1. The quantitative estimate of drug-likeness (QED) is 0.328. The highest BCUT2D eigenvalue weighted by Crippen LogP contribution is 2.36. The zero-order chi connectivity index (χ0) is 18.8. The highest BCUT2D eigenvalue weighted by atomic mass is 15.3. The van der Waals surface area contributed by atoms with Gasteiger partial charge in [0.15, 0.2) is 0 Å². The summed E-state index contributed by atoms with van der Waals surface area (Å²) < 4.78 is 0. The van der Waals surface area contributed by atoms with E-state index in [2.05, 4.69) is 65.8 Å². The standard InChI is InChI=1S/C24H23N3/c1-16-14-15-17(2)23-21(16)22(19-10-6-4-7-11-19)24(25-23)18(3)26-27-20-12-8-5-9-13-20/h4-15,25,27H,1-3H3/b26-18+. The molecule has 0 radical (unpaired) electrons. The van der Waals surface area contributed by atoms with Gasteiger partial charge in [-0.1, -0.05) is 60.7 Å². The Kier molecular flexibility index (Phi) is 4.51. The van der Waals surface area contributed by atoms with Crippen molar-refractivity contribution in [3.63, 3.8) is 0 Å². The molecule has 0 amide bonds. The first kappa shape index (κ1) is 17.1. The van der Waals surface area contributed by atoms with Crippen molar-refractivity contribution in [2.45, 2.75) is 20.8 Å². The van der Waals surface area contributed by atoms with Gasteiger partial charge in [-0.25, -0.2) is 0 Å². The predicted octanol–water partition coefficient (Wildman–Crippen LogP) is 6.29. The molecule has 4 rings (SSSR count). The van der Waals surface area contributed by atoms with Gasteiger partial charge in [-0.15, -0.1) is 0 Å². The molecule has 0 atom stereocenters. The van der Waals surface area contributed by atoms with Gasteiger partial charge in [0.05, 0.1) is 17.1 Å². The highest BCUT2D eigenvalue weighted by molar-refractivity contribution is 6.13. The van der Waals surface area contributed by atoms with E-state index in [4.69, 9.17) is 0 Å². The molecule has 0 aliphatic heterocycles. The lowest BCUT2D eigenvalue weighted by Gasteiger charge is -2.07. The first-order valence-corrected chi connectivity index (χ1v) is 9.18. The zero-order valence-electron chi connectivity index (χ0n) is 15.9. The van der Waals surface area contributed by atoms with Crippen LogP contribution in [-0.2, 0) is 0 Å². The van der Waals surface area contributed by atoms with Crippen LogP contribution in [0.3, 0.4) is 0 Å². The van der Waals surface area contributed by atoms with Crippen molar-refractivity contribution in [3.8, 4) is 11.1 Å². The van der Waals surface area contributed by atoms with E-state index in [1.165, 1.54) is 33.2 Å². The molecule has 4 aromatic rings. The Hall–Kier alpha value is -3.33. The lowest BCUT2D eigenvalue weighted by molar-refractivity contribution is 1.29. The molecule has 0 bridgehead atoms. The number of aryl methyl sites for hydroxylation is 2. The van der Waals surface area contributed by atoms with E-state index in [1.54, 1.807) is 0 Å². The Balaban J connectivity index is 1.89. The molecule has 3 aromatic carbocycles. The number of hydrogen-bond acceptors (Lipinski definition) is 2. The van der Waals surface area contributed by atoms with Crippen LogP contribution in [0.4, 0.5) is 5.69 Å². The average Bonchev–Trinajstić information content (AvgIpc) is 3.12. The molecule has 3 heteroatoms. The van der Waals surface area contributed by atoms with Gasteiger partial charge in [0.2, 0.25) is 0 Å². The fraction of sp³-hybridized carbons (Fsp3) is 0.125. The average molecular weight is 353 g/mol. The molecule has 0 unspecified atom stereocenters. The molecular weight excluding hydrogens is 330 g/mol. The normalized spacial score (nSPS) is 11.7. The second-order valence-electron chi connectivity index (χ2n) is 6.87. The summed E-state index contributed by atoms with van der Waals surface area (Å²) >= 11 is 0. The van der Waals surface area contributed by atoms with Crippen molar-refractivity contribution >= 4 is 22.3 Å². The molecule has 134 valence electrons. The van der Waals surface area contributed by atoms with Gasteiger partial charge in [-0.2, -0.15) is 5.10 Å². The molecule has 27 heavy (non-hydrogen) atoms. The monoisotopic (exact) mass is 353 g/mol. The minimum atomic E-state index is 0.924. The van der Waals surface area contributed by atoms with E-state index in [9.17, 15) is 0 Å². The van der Waals surface area contributed by atoms with Crippen LogP contribution in [0.1, 0.15) is 23.7 Å². The van der Waals surface area contributed by atoms with Crippen molar-refractivity contribution in [2.75, 3.05) is 5.43 Å². The summed E-state index contributed by atoms with van der Waals surface area (Å²) in [7, 11) is 0. The van der Waals surface area contributed by atoms with E-state index < -0.39 is 0 Å². The van der Waals surface area contributed by atoms with Crippen molar-refractivity contribution in [1.82, 2.24) is 4.98 Å². The lowest BCUT2D eigenvalue weighted by atomic mass is 9.96. The minimum absolute atomic E-state index is 0.924. The molecule has 2 N–H and O–H groups in total. The van der Waals surface area contributed by atoms with Crippen LogP contribution in [0.15, 0.2) is 77.9 Å². The number of hydrazone groups is 1. The van der Waals surface area contributed by atoms with E-state index in [0.29, 0.717) is 0 Å². The molecule has 1 aromatic heterocycles. The lowest BCUT2D eigenvalue weighted by Crippen LogP contribution is -2.02. The van der Waals surface area contributed by atoms with Crippen LogP contribution in [0.5, 0.6) is 0 Å². The highest BCUT2D eigenvalue weighted by Gasteiger charge is 2.18. The van der Waals surface area contributed by atoms with Crippen LogP contribution in [-0.4, -0.2) is 10.7 Å². The van der Waals surface area contributed by atoms with Crippen LogP contribution in [0, 0.1) is 13.8 Å². The van der Waals surface area contributed by atoms with Gasteiger partial charge in [-0.3, -0.25) is 5.43 Å². The van der Waals surface area contributed by atoms with Gasteiger partial charge in [0.1, 0.15) is 0 Å². The minimum Gasteiger partial charge on any atom is -0.353 e. The molecule has 0 aliphatic rings. The van der Waals surface area contributed by atoms with Crippen LogP contribution in [0.25, 0.3) is 22.0 Å². The SMILES string of the molecule is C/C(=N\Nc1ccccc1)c1[nH]c2c(C)ccc(C)c2c1-c1ccccc1. The molecule has 0 spiro atoms. The predicted molar refractivity (Wildman–Crippen MR) is 115 cm³/mol. The van der Waals surface area contributed by atoms with E-state index in [0.717, 1.165) is 17.1 Å². The topological polar surface area (TPSA) is 40.2 Å². The third kappa shape index (κ3) is 3.24. The van der Waals surface area contributed by atoms with Gasteiger partial charge in [-0.05, 0) is 49.6 Å². The Labute approximate surface area is 159 Å². The maximum atomic E-state index is 4.64. The molecule has 0 aliphatic carbocycles. The zero-order valence-corrected chi connectivity index (χ0v) is 15.9. The number of H-pyrrole nitrogens is 1. The van der Waals surface area contributed by atoms with Crippen molar-refractivity contribution in [3.05, 3.63) is 89.6 Å². The number of aromatic amines is 1. The molecule has 0 saturated heterocycles. The maximum Gasteiger partial charge on any atom is 0.0817 e. The summed E-state index contributed by atoms with van der Waals surface area (Å²) in [4.78, 5) is 3.64. The molecular formula is C24H23N3. The molecule has 3 nitrogen and oxygen atoms in total. The number of para-hydroxylation sites is 1. The van der Waals surface area contributed by atoms with Crippen LogP contribution < -0.4 is 5.43 Å². The summed E-state index contributed by atoms with van der Waals surface area (Å²) in [5.41, 5.74) is 12.2. The summed E-state index contributed by atoms with van der Waals surface area (Å²) in [6.45, 7) is 6.35. The van der Waals surface area contributed by atoms with Crippen molar-refractivity contribution < 1.29 is 0 Å². The summed E-state index contributed by atoms with van der Waals surface area (Å²) in [5, 5.41) is 5.91. The number of nitrogens with one attached hydrogen (secondary N) is 2. The Morgan fingerprint density at radius 3 is 2.15 bits per heavy atom. The first-order chi connectivity index (χ1) is 13.1.